The van der Waals surface area contributed by atoms with Gasteiger partial charge >= 0.3 is 0 Å². The van der Waals surface area contributed by atoms with E-state index >= 15 is 0 Å². The molecule has 0 radical (unpaired) electrons. The molecule has 164 valence electrons. The number of carbonyl (C=O) groups excluding carboxylic acids is 1. The van der Waals surface area contributed by atoms with Gasteiger partial charge in [0.15, 0.2) is 0 Å². The van der Waals surface area contributed by atoms with Gasteiger partial charge in [-0.3, -0.25) is 9.78 Å². The lowest BCUT2D eigenvalue weighted by atomic mass is 9.70. The third-order valence-electron chi connectivity index (χ3n) is 6.90. The van der Waals surface area contributed by atoms with Crippen molar-refractivity contribution >= 4 is 11.4 Å². The van der Waals surface area contributed by atoms with E-state index in [2.05, 4.69) is 22.4 Å². The fraction of sp³-hybridized carbons (Fsp3) is 0.250. The number of pyridine rings is 2. The SMILES string of the molecule is N#Cc1ccc(-c2cc3c(C(=O)NCC4(c5cccnc5)CCCCC4)cccn3c2)cc1. The Morgan fingerprint density at radius 1 is 1.06 bits per heavy atom. The maximum Gasteiger partial charge on any atom is 0.253 e. The van der Waals surface area contributed by atoms with Crippen molar-refractivity contribution < 1.29 is 4.79 Å². The number of hydrogen-bond acceptors (Lipinski definition) is 3. The molecule has 0 unspecified atom stereocenters. The summed E-state index contributed by atoms with van der Waals surface area (Å²) in [5.74, 6) is -0.0566. The van der Waals surface area contributed by atoms with Crippen LogP contribution in [0, 0.1) is 11.3 Å². The van der Waals surface area contributed by atoms with Gasteiger partial charge in [0.2, 0.25) is 0 Å². The minimum Gasteiger partial charge on any atom is -0.351 e. The molecule has 3 heterocycles. The summed E-state index contributed by atoms with van der Waals surface area (Å²) >= 11 is 0. The molecule has 1 fully saturated rings. The van der Waals surface area contributed by atoms with Crippen LogP contribution in [0.15, 0.2) is 79.4 Å². The molecule has 5 rings (SSSR count). The predicted octanol–water partition coefficient (Wildman–Crippen LogP) is 5.50. The Bertz CT molecular complexity index is 1310. The summed E-state index contributed by atoms with van der Waals surface area (Å²) in [7, 11) is 0. The van der Waals surface area contributed by atoms with Gasteiger partial charge in [0.1, 0.15) is 0 Å². The molecular weight excluding hydrogens is 408 g/mol. The van der Waals surface area contributed by atoms with E-state index in [-0.39, 0.29) is 11.3 Å². The van der Waals surface area contributed by atoms with Crippen molar-refractivity contribution in [1.29, 1.82) is 5.26 Å². The van der Waals surface area contributed by atoms with Crippen LogP contribution in [-0.4, -0.2) is 21.8 Å². The van der Waals surface area contributed by atoms with Crippen molar-refractivity contribution in [2.24, 2.45) is 0 Å². The Morgan fingerprint density at radius 2 is 1.88 bits per heavy atom. The summed E-state index contributed by atoms with van der Waals surface area (Å²) < 4.78 is 1.99. The standard InChI is InChI=1S/C28H26N4O/c29-17-21-8-10-22(11-9-21)23-16-26-25(7-5-15-32(26)19-23)27(33)31-20-28(12-2-1-3-13-28)24-6-4-14-30-18-24/h4-11,14-16,18-19H,1-3,12-13,20H2,(H,31,33). The Hall–Kier alpha value is -3.91. The lowest BCUT2D eigenvalue weighted by Gasteiger charge is -2.37. The fourth-order valence-electron chi connectivity index (χ4n) is 5.04. The van der Waals surface area contributed by atoms with Crippen LogP contribution < -0.4 is 5.32 Å². The maximum atomic E-state index is 13.3. The molecule has 5 nitrogen and oxygen atoms in total. The molecule has 1 N–H and O–H groups in total. The van der Waals surface area contributed by atoms with Crippen molar-refractivity contribution in [1.82, 2.24) is 14.7 Å². The minimum absolute atomic E-state index is 0.0527. The molecule has 0 saturated heterocycles. The third kappa shape index (κ3) is 4.12. The molecule has 0 atom stereocenters. The molecule has 1 amide bonds. The van der Waals surface area contributed by atoms with Gasteiger partial charge in [-0.1, -0.05) is 37.5 Å². The highest BCUT2D eigenvalue weighted by atomic mass is 16.1. The molecule has 33 heavy (non-hydrogen) atoms. The van der Waals surface area contributed by atoms with Crippen molar-refractivity contribution in [2.75, 3.05) is 6.54 Å². The number of amides is 1. The monoisotopic (exact) mass is 434 g/mol. The first kappa shape index (κ1) is 21.0. The Morgan fingerprint density at radius 3 is 2.61 bits per heavy atom. The van der Waals surface area contributed by atoms with Gasteiger partial charge in [0.25, 0.3) is 5.91 Å². The molecule has 0 spiro atoms. The first-order chi connectivity index (χ1) is 16.2. The number of benzene rings is 1. The van der Waals surface area contributed by atoms with Gasteiger partial charge in [0.05, 0.1) is 22.7 Å². The molecule has 1 aliphatic carbocycles. The quantitative estimate of drug-likeness (QED) is 0.451. The van der Waals surface area contributed by atoms with Crippen LogP contribution in [0.1, 0.15) is 53.6 Å². The van der Waals surface area contributed by atoms with Gasteiger partial charge in [-0.15, -0.1) is 0 Å². The summed E-state index contributed by atoms with van der Waals surface area (Å²) in [6.07, 6.45) is 13.5. The second-order valence-corrected chi connectivity index (χ2v) is 8.90. The average molecular weight is 435 g/mol. The third-order valence-corrected chi connectivity index (χ3v) is 6.90. The largest absolute Gasteiger partial charge is 0.351 e. The van der Waals surface area contributed by atoms with Crippen molar-refractivity contribution in [3.8, 4) is 17.2 Å². The van der Waals surface area contributed by atoms with E-state index < -0.39 is 0 Å². The second-order valence-electron chi connectivity index (χ2n) is 8.90. The van der Waals surface area contributed by atoms with Crippen LogP contribution >= 0.6 is 0 Å². The van der Waals surface area contributed by atoms with E-state index in [0.29, 0.717) is 17.7 Å². The van der Waals surface area contributed by atoms with Crippen molar-refractivity contribution in [3.05, 3.63) is 96.1 Å². The number of nitriles is 1. The first-order valence-electron chi connectivity index (χ1n) is 11.5. The number of aromatic nitrogens is 2. The number of nitrogens with zero attached hydrogens (tertiary/aromatic N) is 3. The summed E-state index contributed by atoms with van der Waals surface area (Å²) in [5, 5.41) is 12.3. The van der Waals surface area contributed by atoms with Crippen LogP contribution in [0.5, 0.6) is 0 Å². The normalized spacial score (nSPS) is 15.1. The molecule has 3 aromatic heterocycles. The van der Waals surface area contributed by atoms with Gasteiger partial charge in [0, 0.05) is 42.3 Å². The molecule has 0 bridgehead atoms. The number of nitrogens with one attached hydrogen (secondary N) is 1. The highest BCUT2D eigenvalue weighted by molar-refractivity contribution is 6.01. The molecule has 4 aromatic rings. The maximum absolute atomic E-state index is 13.3. The van der Waals surface area contributed by atoms with Crippen LogP contribution in [0.2, 0.25) is 0 Å². The minimum atomic E-state index is -0.0566. The van der Waals surface area contributed by atoms with Gasteiger partial charge in [-0.25, -0.2) is 0 Å². The van der Waals surface area contributed by atoms with E-state index in [1.54, 1.807) is 6.20 Å². The van der Waals surface area contributed by atoms with E-state index in [0.717, 1.165) is 29.5 Å². The van der Waals surface area contributed by atoms with Crippen LogP contribution in [0.25, 0.3) is 16.6 Å². The Balaban J connectivity index is 1.41. The summed E-state index contributed by atoms with van der Waals surface area (Å²) in [5.41, 5.74) is 5.36. The molecule has 0 aliphatic heterocycles. The van der Waals surface area contributed by atoms with E-state index in [1.807, 2.05) is 71.5 Å². The second kappa shape index (κ2) is 8.91. The molecule has 5 heteroatoms. The molecular formula is C28H26N4O. The summed E-state index contributed by atoms with van der Waals surface area (Å²) in [6, 6.07) is 19.6. The van der Waals surface area contributed by atoms with E-state index in [9.17, 15) is 4.79 Å². The van der Waals surface area contributed by atoms with Crippen molar-refractivity contribution in [3.63, 3.8) is 0 Å². The Kier molecular flexibility index (Phi) is 5.66. The summed E-state index contributed by atoms with van der Waals surface area (Å²) in [4.78, 5) is 17.7. The zero-order valence-corrected chi connectivity index (χ0v) is 18.5. The van der Waals surface area contributed by atoms with Gasteiger partial charge < -0.3 is 9.72 Å². The lowest BCUT2D eigenvalue weighted by molar-refractivity contribution is 0.0938. The highest BCUT2D eigenvalue weighted by Gasteiger charge is 2.34. The van der Waals surface area contributed by atoms with Crippen molar-refractivity contribution in [2.45, 2.75) is 37.5 Å². The smallest absolute Gasteiger partial charge is 0.253 e. The highest BCUT2D eigenvalue weighted by Crippen LogP contribution is 2.38. The van der Waals surface area contributed by atoms with Crippen LogP contribution in [0.4, 0.5) is 0 Å². The Labute approximate surface area is 193 Å². The van der Waals surface area contributed by atoms with E-state index in [4.69, 9.17) is 5.26 Å². The lowest BCUT2D eigenvalue weighted by Crippen LogP contribution is -2.42. The average Bonchev–Trinajstić information content (AvgIpc) is 3.33. The first-order valence-corrected chi connectivity index (χ1v) is 11.5. The topological polar surface area (TPSA) is 70.2 Å². The van der Waals surface area contributed by atoms with Crippen LogP contribution in [-0.2, 0) is 5.41 Å². The molecule has 1 aliphatic rings. The fourth-order valence-corrected chi connectivity index (χ4v) is 5.04. The van der Waals surface area contributed by atoms with Gasteiger partial charge in [-0.2, -0.15) is 5.26 Å². The molecule has 1 aromatic carbocycles. The van der Waals surface area contributed by atoms with E-state index in [1.165, 1.54) is 24.8 Å². The summed E-state index contributed by atoms with van der Waals surface area (Å²) in [6.45, 7) is 0.613. The zero-order valence-electron chi connectivity index (χ0n) is 18.5. The predicted molar refractivity (Wildman–Crippen MR) is 129 cm³/mol. The zero-order chi connectivity index (χ0) is 22.7. The number of rotatable bonds is 5. The number of hydrogen-bond donors (Lipinski definition) is 1. The number of carbonyl (C=O) groups is 1. The van der Waals surface area contributed by atoms with Gasteiger partial charge in [-0.05, 0) is 60.4 Å². The number of fused-ring (bicyclic) bond motifs is 1. The molecule has 1 saturated carbocycles. The van der Waals surface area contributed by atoms with Crippen LogP contribution in [0.3, 0.4) is 0 Å².